The highest BCUT2D eigenvalue weighted by Gasteiger charge is 2.30. The molecule has 2 aromatic carbocycles. The number of nitrogens with two attached hydrogens (primary N) is 1. The molecule has 0 radical (unpaired) electrons. The Bertz CT molecular complexity index is 938. The van der Waals surface area contributed by atoms with Crippen LogP contribution in [0.3, 0.4) is 0 Å². The Morgan fingerprint density at radius 1 is 1.00 bits per heavy atom. The normalized spacial score (nSPS) is 15.0. The topological polar surface area (TPSA) is 56.9 Å². The fraction of sp³-hybridized carbons (Fsp3) is 0.263. The van der Waals surface area contributed by atoms with Crippen molar-refractivity contribution in [3.63, 3.8) is 0 Å². The zero-order valence-electron chi connectivity index (χ0n) is 15.6. The second-order valence-electron chi connectivity index (χ2n) is 6.58. The van der Waals surface area contributed by atoms with Gasteiger partial charge in [0, 0.05) is 43.5 Å². The first-order chi connectivity index (χ1) is 14.1. The molecule has 1 fully saturated rings. The first-order valence-corrected chi connectivity index (χ1v) is 9.30. The number of nitrogens with one attached hydrogen (secondary N) is 1. The van der Waals surface area contributed by atoms with Gasteiger partial charge in [-0.15, -0.1) is 0 Å². The molecule has 1 heterocycles. The number of alkyl halides is 3. The Kier molecular flexibility index (Phi) is 6.40. The van der Waals surface area contributed by atoms with Crippen molar-refractivity contribution in [2.24, 2.45) is 10.8 Å². The number of anilines is 2. The zero-order chi connectivity index (χ0) is 21.9. The van der Waals surface area contributed by atoms with Crippen molar-refractivity contribution in [3.8, 4) is 0 Å². The molecular weight excluding hydrogens is 425 g/mol. The summed E-state index contributed by atoms with van der Waals surface area (Å²) in [6.07, 6.45) is -3.31. The lowest BCUT2D eigenvalue weighted by molar-refractivity contribution is -0.137. The summed E-state index contributed by atoms with van der Waals surface area (Å²) in [6.45, 7) is 1.67. The second kappa shape index (κ2) is 8.82. The van der Waals surface area contributed by atoms with E-state index >= 15 is 0 Å². The smallest absolute Gasteiger partial charge is 0.375 e. The zero-order valence-corrected chi connectivity index (χ0v) is 16.4. The van der Waals surface area contributed by atoms with Gasteiger partial charge in [-0.05, 0) is 42.5 Å². The fourth-order valence-corrected chi connectivity index (χ4v) is 3.18. The van der Waals surface area contributed by atoms with Crippen LogP contribution in [0.25, 0.3) is 0 Å². The molecule has 1 aliphatic heterocycles. The third kappa shape index (κ3) is 5.15. The molecule has 1 aliphatic rings. The van der Waals surface area contributed by atoms with Gasteiger partial charge < -0.3 is 15.5 Å². The largest absolute Gasteiger partial charge is 0.416 e. The van der Waals surface area contributed by atoms with E-state index in [0.717, 1.165) is 30.5 Å². The summed E-state index contributed by atoms with van der Waals surface area (Å²) < 4.78 is 66.9. The van der Waals surface area contributed by atoms with Crippen molar-refractivity contribution >= 4 is 34.9 Å². The molecule has 0 saturated carbocycles. The molecular formula is C19H18F5N5S. The van der Waals surface area contributed by atoms with E-state index in [1.807, 2.05) is 4.90 Å². The first-order valence-electron chi connectivity index (χ1n) is 8.90. The van der Waals surface area contributed by atoms with E-state index in [1.165, 1.54) is 12.1 Å². The molecule has 160 valence electrons. The van der Waals surface area contributed by atoms with Crippen LogP contribution in [0.5, 0.6) is 0 Å². The molecule has 0 aromatic heterocycles. The highest BCUT2D eigenvalue weighted by molar-refractivity contribution is 7.80. The third-order valence-electron chi connectivity index (χ3n) is 4.62. The van der Waals surface area contributed by atoms with Crippen LogP contribution in [0.2, 0.25) is 0 Å². The molecule has 0 amide bonds. The molecule has 3 N–H and O–H groups in total. The third-order valence-corrected chi connectivity index (χ3v) is 4.72. The SMILES string of the molecule is NC(=S)NN=Cc1cc(F)c(N2CCN(c3ccc(C(F)(F)F)cc3)CC2)cc1F. The van der Waals surface area contributed by atoms with Crippen LogP contribution in [-0.2, 0) is 6.18 Å². The summed E-state index contributed by atoms with van der Waals surface area (Å²) in [6, 6.07) is 7.00. The summed E-state index contributed by atoms with van der Waals surface area (Å²) in [5, 5.41) is 3.51. The maximum absolute atomic E-state index is 14.5. The van der Waals surface area contributed by atoms with Gasteiger partial charge in [-0.3, -0.25) is 5.43 Å². The average molecular weight is 443 g/mol. The van der Waals surface area contributed by atoms with Crippen LogP contribution in [0.15, 0.2) is 41.5 Å². The molecule has 3 rings (SSSR count). The standard InChI is InChI=1S/C19H18F5N5S/c20-15-10-17(16(21)9-12(15)11-26-27-18(25)30)29-7-5-28(6-8-29)14-3-1-13(2-4-14)19(22,23)24/h1-4,9-11H,5-8H2,(H3,25,27,30). The highest BCUT2D eigenvalue weighted by atomic mass is 32.1. The number of rotatable bonds is 4. The van der Waals surface area contributed by atoms with Crippen molar-refractivity contribution in [1.29, 1.82) is 0 Å². The lowest BCUT2D eigenvalue weighted by atomic mass is 10.1. The van der Waals surface area contributed by atoms with E-state index in [2.05, 4.69) is 22.7 Å². The molecule has 0 spiro atoms. The van der Waals surface area contributed by atoms with Gasteiger partial charge in [-0.2, -0.15) is 18.3 Å². The van der Waals surface area contributed by atoms with Crippen LogP contribution < -0.4 is 21.0 Å². The Hall–Kier alpha value is -2.95. The summed E-state index contributed by atoms with van der Waals surface area (Å²) in [5.74, 6) is -1.28. The van der Waals surface area contributed by atoms with Crippen LogP contribution in [0.1, 0.15) is 11.1 Å². The molecule has 1 saturated heterocycles. The second-order valence-corrected chi connectivity index (χ2v) is 7.02. The molecule has 0 aliphatic carbocycles. The Morgan fingerprint density at radius 2 is 1.60 bits per heavy atom. The fourth-order valence-electron chi connectivity index (χ4n) is 3.13. The first kappa shape index (κ1) is 21.8. The van der Waals surface area contributed by atoms with Crippen molar-refractivity contribution < 1.29 is 22.0 Å². The minimum absolute atomic E-state index is 0.0663. The minimum atomic E-state index is -4.39. The Balaban J connectivity index is 1.66. The van der Waals surface area contributed by atoms with E-state index < -0.39 is 23.4 Å². The van der Waals surface area contributed by atoms with E-state index in [0.29, 0.717) is 31.9 Å². The monoisotopic (exact) mass is 443 g/mol. The quantitative estimate of drug-likeness (QED) is 0.328. The molecule has 2 aromatic rings. The van der Waals surface area contributed by atoms with Gasteiger partial charge in [-0.1, -0.05) is 0 Å². The number of nitrogens with zero attached hydrogens (tertiary/aromatic N) is 3. The summed E-state index contributed by atoms with van der Waals surface area (Å²) in [7, 11) is 0. The molecule has 0 bridgehead atoms. The van der Waals surface area contributed by atoms with Gasteiger partial charge in [0.2, 0.25) is 0 Å². The molecule has 0 unspecified atom stereocenters. The van der Waals surface area contributed by atoms with Crippen molar-refractivity contribution in [2.45, 2.75) is 6.18 Å². The number of piperazine rings is 1. The van der Waals surface area contributed by atoms with Gasteiger partial charge >= 0.3 is 6.18 Å². The van der Waals surface area contributed by atoms with Crippen molar-refractivity contribution in [3.05, 3.63) is 59.2 Å². The number of hydrogen-bond donors (Lipinski definition) is 2. The minimum Gasteiger partial charge on any atom is -0.375 e. The molecule has 5 nitrogen and oxygen atoms in total. The lowest BCUT2D eigenvalue weighted by Crippen LogP contribution is -2.46. The van der Waals surface area contributed by atoms with Crippen LogP contribution in [0, 0.1) is 11.6 Å². The van der Waals surface area contributed by atoms with E-state index in [-0.39, 0.29) is 16.4 Å². The summed E-state index contributed by atoms with van der Waals surface area (Å²) in [5.41, 5.74) is 7.44. The number of hydrazone groups is 1. The van der Waals surface area contributed by atoms with Gasteiger partial charge in [0.25, 0.3) is 0 Å². The number of benzene rings is 2. The van der Waals surface area contributed by atoms with Gasteiger partial charge in [-0.25, -0.2) is 8.78 Å². The Morgan fingerprint density at radius 3 is 2.17 bits per heavy atom. The summed E-state index contributed by atoms with van der Waals surface area (Å²) >= 11 is 4.57. The average Bonchev–Trinajstić information content (AvgIpc) is 2.70. The highest BCUT2D eigenvalue weighted by Crippen LogP contribution is 2.31. The van der Waals surface area contributed by atoms with E-state index in [1.54, 1.807) is 4.90 Å². The van der Waals surface area contributed by atoms with Gasteiger partial charge in [0.05, 0.1) is 17.5 Å². The van der Waals surface area contributed by atoms with E-state index in [4.69, 9.17) is 5.73 Å². The number of halogens is 5. The number of thiocarbonyl (C=S) groups is 1. The van der Waals surface area contributed by atoms with Crippen molar-refractivity contribution in [2.75, 3.05) is 36.0 Å². The molecule has 30 heavy (non-hydrogen) atoms. The maximum atomic E-state index is 14.5. The van der Waals surface area contributed by atoms with Crippen LogP contribution >= 0.6 is 12.2 Å². The van der Waals surface area contributed by atoms with Crippen LogP contribution in [0.4, 0.5) is 33.3 Å². The van der Waals surface area contributed by atoms with Crippen molar-refractivity contribution in [1.82, 2.24) is 5.43 Å². The predicted molar refractivity (Wildman–Crippen MR) is 110 cm³/mol. The Labute approximate surface area is 174 Å². The maximum Gasteiger partial charge on any atom is 0.416 e. The molecule has 0 atom stereocenters. The molecule has 11 heteroatoms. The lowest BCUT2D eigenvalue weighted by Gasteiger charge is -2.37. The van der Waals surface area contributed by atoms with Gasteiger partial charge in [0.15, 0.2) is 5.11 Å². The van der Waals surface area contributed by atoms with Gasteiger partial charge in [0.1, 0.15) is 11.6 Å². The summed E-state index contributed by atoms with van der Waals surface area (Å²) in [4.78, 5) is 3.58. The predicted octanol–water partition coefficient (Wildman–Crippen LogP) is 3.48. The van der Waals surface area contributed by atoms with Crippen LogP contribution in [-0.4, -0.2) is 37.5 Å². The number of hydrogen-bond acceptors (Lipinski definition) is 4. The van der Waals surface area contributed by atoms with E-state index in [9.17, 15) is 22.0 Å².